The van der Waals surface area contributed by atoms with Gasteiger partial charge < -0.3 is 10.2 Å². The second-order valence-corrected chi connectivity index (χ2v) is 6.15. The van der Waals surface area contributed by atoms with Crippen LogP contribution in [0.5, 0.6) is 0 Å². The van der Waals surface area contributed by atoms with E-state index in [1.807, 2.05) is 13.8 Å². The highest BCUT2D eigenvalue weighted by Crippen LogP contribution is 2.15. The molecule has 8 nitrogen and oxygen atoms in total. The van der Waals surface area contributed by atoms with Crippen molar-refractivity contribution in [3.8, 4) is 0 Å². The van der Waals surface area contributed by atoms with Gasteiger partial charge in [0.1, 0.15) is 12.6 Å². The summed E-state index contributed by atoms with van der Waals surface area (Å²) in [5, 5.41) is 2.77. The zero-order valence-corrected chi connectivity index (χ0v) is 13.6. The maximum absolute atomic E-state index is 12.6. The molecule has 1 aliphatic heterocycles. The number of piperazine rings is 1. The molecular formula is C15H22N4O4. The highest BCUT2D eigenvalue weighted by atomic mass is 16.2. The van der Waals surface area contributed by atoms with Crippen molar-refractivity contribution in [3.63, 3.8) is 0 Å². The molecule has 0 aromatic carbocycles. The van der Waals surface area contributed by atoms with Gasteiger partial charge >= 0.3 is 5.69 Å². The number of nitrogens with one attached hydrogen (secondary N) is 1. The predicted molar refractivity (Wildman–Crippen MR) is 83.9 cm³/mol. The highest BCUT2D eigenvalue weighted by Gasteiger charge is 2.33. The van der Waals surface area contributed by atoms with E-state index in [2.05, 4.69) is 5.32 Å². The summed E-state index contributed by atoms with van der Waals surface area (Å²) in [6.07, 6.45) is 1.88. The molecule has 1 saturated heterocycles. The van der Waals surface area contributed by atoms with Crippen LogP contribution >= 0.6 is 0 Å². The van der Waals surface area contributed by atoms with Gasteiger partial charge in [0, 0.05) is 32.4 Å². The number of carbonyl (C=O) groups is 2. The Labute approximate surface area is 133 Å². The average Bonchev–Trinajstić information content (AvgIpc) is 2.49. The molecule has 1 fully saturated rings. The zero-order chi connectivity index (χ0) is 17.1. The van der Waals surface area contributed by atoms with Crippen LogP contribution in [0.3, 0.4) is 0 Å². The van der Waals surface area contributed by atoms with Crippen molar-refractivity contribution in [3.05, 3.63) is 33.1 Å². The third-order valence-corrected chi connectivity index (χ3v) is 3.91. The summed E-state index contributed by atoms with van der Waals surface area (Å²) in [6.45, 7) is 4.61. The minimum atomic E-state index is -0.548. The Bertz CT molecular complexity index is 719. The smallest absolute Gasteiger partial charge is 0.331 e. The van der Waals surface area contributed by atoms with Crippen molar-refractivity contribution < 1.29 is 9.59 Å². The summed E-state index contributed by atoms with van der Waals surface area (Å²) < 4.78 is 2.13. The standard InChI is InChI=1S/C15H22N4O4/c1-10(2)8-11-14(22)16-5-7-19(11)13(21)9-18-6-4-12(20)17(3)15(18)23/h4,6,10-11H,5,7-9H2,1-3H3,(H,16,22). The Morgan fingerprint density at radius 2 is 2.04 bits per heavy atom. The van der Waals surface area contributed by atoms with Crippen molar-refractivity contribution in [2.24, 2.45) is 13.0 Å². The first-order chi connectivity index (χ1) is 10.8. The Hall–Kier alpha value is -2.38. The number of nitrogens with zero attached hydrogens (tertiary/aromatic N) is 3. The van der Waals surface area contributed by atoms with E-state index in [-0.39, 0.29) is 24.3 Å². The number of hydrogen-bond acceptors (Lipinski definition) is 4. The SMILES string of the molecule is CC(C)CC1C(=O)NCCN1C(=O)Cn1ccc(=O)n(C)c1=O. The van der Waals surface area contributed by atoms with Crippen LogP contribution in [0.4, 0.5) is 0 Å². The molecule has 1 unspecified atom stereocenters. The Morgan fingerprint density at radius 1 is 1.35 bits per heavy atom. The molecule has 0 spiro atoms. The van der Waals surface area contributed by atoms with Crippen LogP contribution in [0.1, 0.15) is 20.3 Å². The van der Waals surface area contributed by atoms with E-state index in [4.69, 9.17) is 0 Å². The van der Waals surface area contributed by atoms with Gasteiger partial charge in [-0.1, -0.05) is 13.8 Å². The first kappa shape index (κ1) is 17.0. The molecule has 1 N–H and O–H groups in total. The maximum Gasteiger partial charge on any atom is 0.331 e. The number of amides is 2. The summed E-state index contributed by atoms with van der Waals surface area (Å²) in [7, 11) is 1.36. The lowest BCUT2D eigenvalue weighted by atomic mass is 10.00. The molecule has 2 amide bonds. The second-order valence-electron chi connectivity index (χ2n) is 6.15. The maximum atomic E-state index is 12.6. The highest BCUT2D eigenvalue weighted by molar-refractivity contribution is 5.88. The average molecular weight is 322 g/mol. The fourth-order valence-corrected chi connectivity index (χ4v) is 2.67. The number of hydrogen-bond donors (Lipinski definition) is 1. The summed E-state index contributed by atoms with van der Waals surface area (Å²) in [6, 6.07) is 0.725. The molecule has 1 atom stereocenters. The third-order valence-electron chi connectivity index (χ3n) is 3.91. The third kappa shape index (κ3) is 3.69. The molecule has 2 heterocycles. The molecule has 1 aliphatic rings. The van der Waals surface area contributed by atoms with Gasteiger partial charge in [-0.25, -0.2) is 4.79 Å². The topological polar surface area (TPSA) is 93.4 Å². The van der Waals surface area contributed by atoms with E-state index < -0.39 is 17.3 Å². The molecule has 8 heteroatoms. The molecular weight excluding hydrogens is 300 g/mol. The van der Waals surface area contributed by atoms with Gasteiger partial charge in [0.2, 0.25) is 11.8 Å². The van der Waals surface area contributed by atoms with E-state index >= 15 is 0 Å². The molecule has 2 rings (SSSR count). The fraction of sp³-hybridized carbons (Fsp3) is 0.600. The Kier molecular flexibility index (Phi) is 5.02. The predicted octanol–water partition coefficient (Wildman–Crippen LogP) is -1.08. The minimum Gasteiger partial charge on any atom is -0.353 e. The van der Waals surface area contributed by atoms with Gasteiger partial charge in [0.15, 0.2) is 0 Å². The van der Waals surface area contributed by atoms with Crippen molar-refractivity contribution in [2.75, 3.05) is 13.1 Å². The van der Waals surface area contributed by atoms with Gasteiger partial charge in [-0.15, -0.1) is 0 Å². The summed E-state index contributed by atoms with van der Waals surface area (Å²) >= 11 is 0. The molecule has 0 bridgehead atoms. The number of aromatic nitrogens is 2. The Morgan fingerprint density at radius 3 is 2.70 bits per heavy atom. The molecule has 0 saturated carbocycles. The quantitative estimate of drug-likeness (QED) is 0.763. The lowest BCUT2D eigenvalue weighted by Gasteiger charge is -2.36. The lowest BCUT2D eigenvalue weighted by molar-refractivity contribution is -0.144. The molecule has 1 aromatic rings. The summed E-state index contributed by atoms with van der Waals surface area (Å²) in [4.78, 5) is 49.5. The molecule has 126 valence electrons. The molecule has 0 radical (unpaired) electrons. The van der Waals surface area contributed by atoms with Gasteiger partial charge in [-0.05, 0) is 12.3 Å². The van der Waals surface area contributed by atoms with Crippen LogP contribution in [-0.4, -0.2) is 45.0 Å². The van der Waals surface area contributed by atoms with Crippen LogP contribution in [0.15, 0.2) is 21.9 Å². The fourth-order valence-electron chi connectivity index (χ4n) is 2.67. The summed E-state index contributed by atoms with van der Waals surface area (Å²) in [5.74, 6) is -0.197. The molecule has 0 aliphatic carbocycles. The van der Waals surface area contributed by atoms with E-state index in [1.54, 1.807) is 0 Å². The summed E-state index contributed by atoms with van der Waals surface area (Å²) in [5.41, 5.74) is -0.971. The van der Waals surface area contributed by atoms with Crippen molar-refractivity contribution in [1.29, 1.82) is 0 Å². The van der Waals surface area contributed by atoms with Crippen molar-refractivity contribution >= 4 is 11.8 Å². The normalized spacial score (nSPS) is 18.2. The van der Waals surface area contributed by atoms with Crippen LogP contribution in [0, 0.1) is 5.92 Å². The van der Waals surface area contributed by atoms with E-state index in [0.717, 1.165) is 4.57 Å². The Balaban J connectivity index is 2.21. The van der Waals surface area contributed by atoms with E-state index in [1.165, 1.54) is 28.8 Å². The lowest BCUT2D eigenvalue weighted by Crippen LogP contribution is -2.58. The number of rotatable bonds is 4. The van der Waals surface area contributed by atoms with Crippen molar-refractivity contribution in [1.82, 2.24) is 19.4 Å². The van der Waals surface area contributed by atoms with E-state index in [9.17, 15) is 19.2 Å². The van der Waals surface area contributed by atoms with Gasteiger partial charge in [0.25, 0.3) is 5.56 Å². The van der Waals surface area contributed by atoms with Crippen LogP contribution in [0.25, 0.3) is 0 Å². The molecule has 1 aromatic heterocycles. The first-order valence-electron chi connectivity index (χ1n) is 7.65. The van der Waals surface area contributed by atoms with Crippen LogP contribution < -0.4 is 16.6 Å². The van der Waals surface area contributed by atoms with Crippen molar-refractivity contribution in [2.45, 2.75) is 32.9 Å². The monoisotopic (exact) mass is 322 g/mol. The zero-order valence-electron chi connectivity index (χ0n) is 13.6. The van der Waals surface area contributed by atoms with Crippen LogP contribution in [0.2, 0.25) is 0 Å². The second kappa shape index (κ2) is 6.80. The minimum absolute atomic E-state index is 0.161. The van der Waals surface area contributed by atoms with Crippen LogP contribution in [-0.2, 0) is 23.2 Å². The molecule has 23 heavy (non-hydrogen) atoms. The van der Waals surface area contributed by atoms with E-state index in [0.29, 0.717) is 19.5 Å². The number of carbonyl (C=O) groups excluding carboxylic acids is 2. The van der Waals surface area contributed by atoms with Gasteiger partial charge in [0.05, 0.1) is 0 Å². The largest absolute Gasteiger partial charge is 0.353 e. The van der Waals surface area contributed by atoms with Gasteiger partial charge in [-0.2, -0.15) is 0 Å². The van der Waals surface area contributed by atoms with Gasteiger partial charge in [-0.3, -0.25) is 23.5 Å². The first-order valence-corrected chi connectivity index (χ1v) is 7.65.